The smallest absolute Gasteiger partial charge is 0.221 e. The van der Waals surface area contributed by atoms with E-state index in [2.05, 4.69) is 29.1 Å². The van der Waals surface area contributed by atoms with Crippen LogP contribution in [0.3, 0.4) is 0 Å². The van der Waals surface area contributed by atoms with E-state index in [0.29, 0.717) is 18.3 Å². The van der Waals surface area contributed by atoms with E-state index in [1.165, 1.54) is 6.33 Å². The first-order chi connectivity index (χ1) is 7.60. The van der Waals surface area contributed by atoms with Crippen molar-refractivity contribution in [2.24, 2.45) is 11.7 Å². The first-order valence-corrected chi connectivity index (χ1v) is 5.42. The minimum atomic E-state index is 0.267. The Kier molecular flexibility index (Phi) is 4.49. The summed E-state index contributed by atoms with van der Waals surface area (Å²) in [6.07, 6.45) is 1.49. The van der Waals surface area contributed by atoms with Gasteiger partial charge in [-0.05, 0) is 26.3 Å². The van der Waals surface area contributed by atoms with E-state index >= 15 is 0 Å². The Morgan fingerprint density at radius 1 is 1.44 bits per heavy atom. The molecule has 90 valence electrons. The van der Waals surface area contributed by atoms with Crippen LogP contribution >= 0.6 is 0 Å². The van der Waals surface area contributed by atoms with E-state index in [1.807, 2.05) is 6.92 Å². The molecule has 2 atom stereocenters. The second-order valence-corrected chi connectivity index (χ2v) is 4.00. The largest absolute Gasteiger partial charge is 0.481 e. The van der Waals surface area contributed by atoms with E-state index in [1.54, 1.807) is 7.11 Å². The quantitative estimate of drug-likeness (QED) is 0.786. The van der Waals surface area contributed by atoms with Crippen molar-refractivity contribution in [2.45, 2.75) is 26.8 Å². The molecule has 16 heavy (non-hydrogen) atoms. The van der Waals surface area contributed by atoms with Crippen molar-refractivity contribution in [3.8, 4) is 5.88 Å². The normalized spacial score (nSPS) is 14.3. The van der Waals surface area contributed by atoms with E-state index in [-0.39, 0.29) is 6.04 Å². The number of nitrogens with zero attached hydrogens (tertiary/aromatic N) is 2. The zero-order chi connectivity index (χ0) is 12.1. The molecule has 0 bridgehead atoms. The number of methoxy groups -OCH3 is 1. The molecule has 0 aliphatic rings. The van der Waals surface area contributed by atoms with Crippen LogP contribution in [0.25, 0.3) is 0 Å². The molecular formula is C11H20N4O. The van der Waals surface area contributed by atoms with Crippen LogP contribution in [-0.4, -0.2) is 29.7 Å². The molecule has 0 fully saturated rings. The van der Waals surface area contributed by atoms with Crippen LogP contribution in [0.15, 0.2) is 6.33 Å². The highest BCUT2D eigenvalue weighted by molar-refractivity contribution is 5.48. The van der Waals surface area contributed by atoms with Gasteiger partial charge in [0.2, 0.25) is 5.88 Å². The third-order valence-corrected chi connectivity index (χ3v) is 2.82. The van der Waals surface area contributed by atoms with Gasteiger partial charge >= 0.3 is 0 Å². The third-order valence-electron chi connectivity index (χ3n) is 2.82. The zero-order valence-electron chi connectivity index (χ0n) is 10.3. The average molecular weight is 224 g/mol. The van der Waals surface area contributed by atoms with Crippen molar-refractivity contribution in [2.75, 3.05) is 19.0 Å². The van der Waals surface area contributed by atoms with Gasteiger partial charge in [0.05, 0.1) is 12.7 Å². The van der Waals surface area contributed by atoms with E-state index in [4.69, 9.17) is 10.5 Å². The third kappa shape index (κ3) is 2.82. The van der Waals surface area contributed by atoms with Gasteiger partial charge in [-0.15, -0.1) is 0 Å². The maximum Gasteiger partial charge on any atom is 0.221 e. The van der Waals surface area contributed by atoms with E-state index < -0.39 is 0 Å². The molecule has 1 rings (SSSR count). The predicted octanol–water partition coefficient (Wildman–Crippen LogP) is 1.19. The summed E-state index contributed by atoms with van der Waals surface area (Å²) in [4.78, 5) is 8.23. The Morgan fingerprint density at radius 3 is 2.69 bits per heavy atom. The topological polar surface area (TPSA) is 73.1 Å². The Labute approximate surface area is 96.4 Å². The van der Waals surface area contributed by atoms with Gasteiger partial charge in [-0.3, -0.25) is 0 Å². The summed E-state index contributed by atoms with van der Waals surface area (Å²) >= 11 is 0. The van der Waals surface area contributed by atoms with Crippen LogP contribution in [0, 0.1) is 12.8 Å². The Morgan fingerprint density at radius 2 is 2.12 bits per heavy atom. The second kappa shape index (κ2) is 5.65. The van der Waals surface area contributed by atoms with Crippen molar-refractivity contribution in [3.05, 3.63) is 11.9 Å². The molecule has 1 aromatic heterocycles. The van der Waals surface area contributed by atoms with Gasteiger partial charge in [0, 0.05) is 6.04 Å². The molecule has 0 radical (unpaired) electrons. The number of nitrogens with one attached hydrogen (secondary N) is 1. The van der Waals surface area contributed by atoms with Gasteiger partial charge in [0.25, 0.3) is 0 Å². The maximum absolute atomic E-state index is 5.62. The molecule has 2 unspecified atom stereocenters. The van der Waals surface area contributed by atoms with Crippen LogP contribution in [0.1, 0.15) is 19.4 Å². The minimum Gasteiger partial charge on any atom is -0.481 e. The van der Waals surface area contributed by atoms with Gasteiger partial charge < -0.3 is 15.8 Å². The molecular weight excluding hydrogens is 204 g/mol. The predicted molar refractivity (Wildman–Crippen MR) is 64.6 cm³/mol. The van der Waals surface area contributed by atoms with Crippen LogP contribution in [0.2, 0.25) is 0 Å². The van der Waals surface area contributed by atoms with Gasteiger partial charge in [-0.1, -0.05) is 6.92 Å². The van der Waals surface area contributed by atoms with Crippen molar-refractivity contribution < 1.29 is 4.74 Å². The van der Waals surface area contributed by atoms with E-state index in [0.717, 1.165) is 11.4 Å². The molecule has 3 N–H and O–H groups in total. The second-order valence-electron chi connectivity index (χ2n) is 4.00. The molecule has 0 aliphatic carbocycles. The van der Waals surface area contributed by atoms with Gasteiger partial charge in [0.1, 0.15) is 12.1 Å². The summed E-state index contributed by atoms with van der Waals surface area (Å²) in [5.41, 5.74) is 6.54. The molecule has 0 aliphatic heterocycles. The molecule has 0 amide bonds. The molecule has 0 aromatic carbocycles. The number of ether oxygens (including phenoxy) is 1. The SMILES string of the molecule is COc1ncnc(NC(C)C(C)CN)c1C. The fourth-order valence-corrected chi connectivity index (χ4v) is 1.35. The Bertz CT molecular complexity index is 343. The monoisotopic (exact) mass is 224 g/mol. The lowest BCUT2D eigenvalue weighted by Crippen LogP contribution is -2.30. The minimum absolute atomic E-state index is 0.267. The first-order valence-electron chi connectivity index (χ1n) is 5.42. The fourth-order valence-electron chi connectivity index (χ4n) is 1.35. The lowest BCUT2D eigenvalue weighted by Gasteiger charge is -2.21. The van der Waals surface area contributed by atoms with Crippen molar-refractivity contribution >= 4 is 5.82 Å². The summed E-state index contributed by atoms with van der Waals surface area (Å²) in [6, 6.07) is 0.267. The molecule has 1 aromatic rings. The number of anilines is 1. The zero-order valence-corrected chi connectivity index (χ0v) is 10.3. The summed E-state index contributed by atoms with van der Waals surface area (Å²) in [7, 11) is 1.60. The number of rotatable bonds is 5. The molecule has 5 heteroatoms. The van der Waals surface area contributed by atoms with Crippen LogP contribution < -0.4 is 15.8 Å². The van der Waals surface area contributed by atoms with Gasteiger partial charge in [-0.25, -0.2) is 9.97 Å². The highest BCUT2D eigenvalue weighted by atomic mass is 16.5. The van der Waals surface area contributed by atoms with Crippen molar-refractivity contribution in [1.29, 1.82) is 0 Å². The summed E-state index contributed by atoms with van der Waals surface area (Å²) in [5.74, 6) is 1.80. The molecule has 5 nitrogen and oxygen atoms in total. The van der Waals surface area contributed by atoms with Gasteiger partial charge in [0.15, 0.2) is 0 Å². The number of hydrogen-bond acceptors (Lipinski definition) is 5. The highest BCUT2D eigenvalue weighted by Gasteiger charge is 2.13. The van der Waals surface area contributed by atoms with Crippen molar-refractivity contribution in [3.63, 3.8) is 0 Å². The molecule has 0 spiro atoms. The first kappa shape index (κ1) is 12.7. The fraction of sp³-hybridized carbons (Fsp3) is 0.636. The summed E-state index contributed by atoms with van der Waals surface area (Å²) in [6.45, 7) is 6.77. The standard InChI is InChI=1S/C11H20N4O/c1-7(5-12)9(3)15-10-8(2)11(16-4)14-6-13-10/h6-7,9H,5,12H2,1-4H3,(H,13,14,15). The molecule has 0 saturated carbocycles. The number of nitrogens with two attached hydrogens (primary N) is 1. The van der Waals surface area contributed by atoms with Crippen LogP contribution in [0.5, 0.6) is 5.88 Å². The molecule has 0 saturated heterocycles. The lowest BCUT2D eigenvalue weighted by atomic mass is 10.0. The Hall–Kier alpha value is -1.36. The molecule has 1 heterocycles. The summed E-state index contributed by atoms with van der Waals surface area (Å²) in [5, 5.41) is 3.32. The highest BCUT2D eigenvalue weighted by Crippen LogP contribution is 2.21. The van der Waals surface area contributed by atoms with Crippen LogP contribution in [-0.2, 0) is 0 Å². The number of aromatic nitrogens is 2. The maximum atomic E-state index is 5.62. The van der Waals surface area contributed by atoms with E-state index in [9.17, 15) is 0 Å². The van der Waals surface area contributed by atoms with Gasteiger partial charge in [-0.2, -0.15) is 0 Å². The number of hydrogen-bond donors (Lipinski definition) is 2. The van der Waals surface area contributed by atoms with Crippen molar-refractivity contribution in [1.82, 2.24) is 9.97 Å². The summed E-state index contributed by atoms with van der Waals surface area (Å²) < 4.78 is 5.14. The average Bonchev–Trinajstić information content (AvgIpc) is 2.30. The van der Waals surface area contributed by atoms with Crippen LogP contribution in [0.4, 0.5) is 5.82 Å². The lowest BCUT2D eigenvalue weighted by molar-refractivity contribution is 0.393. The Balaban J connectivity index is 2.81.